The fourth-order valence-corrected chi connectivity index (χ4v) is 2.10. The zero-order chi connectivity index (χ0) is 8.66. The van der Waals surface area contributed by atoms with Crippen LogP contribution in [0, 0.1) is 17.8 Å². The second-order valence-corrected chi connectivity index (χ2v) is 3.94. The van der Waals surface area contributed by atoms with Gasteiger partial charge >= 0.3 is 0 Å². The van der Waals surface area contributed by atoms with Gasteiger partial charge in [-0.3, -0.25) is 0 Å². The molecular weight excluding hydrogens is 150 g/mol. The molecule has 0 aromatic heterocycles. The van der Waals surface area contributed by atoms with Crippen LogP contribution in [0.3, 0.4) is 0 Å². The molecule has 1 aliphatic carbocycles. The fraction of sp³-hybridized carbons (Fsp3) is 0.778. The quantitative estimate of drug-likeness (QED) is 0.613. The lowest BCUT2D eigenvalue weighted by Crippen LogP contribution is -2.28. The highest BCUT2D eigenvalue weighted by Gasteiger charge is 2.53. The van der Waals surface area contributed by atoms with E-state index in [0.29, 0.717) is 6.54 Å². The van der Waals surface area contributed by atoms with Crippen LogP contribution in [0.15, 0.2) is 10.2 Å². The topological polar surface area (TPSA) is 50.7 Å². The smallest absolute Gasteiger partial charge is 0.191 e. The molecule has 1 saturated carbocycles. The lowest BCUT2D eigenvalue weighted by atomic mass is 9.82. The first-order valence-electron chi connectivity index (χ1n) is 4.32. The minimum Gasteiger partial charge on any atom is -0.330 e. The molecule has 0 amide bonds. The van der Waals surface area contributed by atoms with Crippen molar-refractivity contribution in [2.45, 2.75) is 31.3 Å². The number of nitrogens with zero attached hydrogens (tertiary/aromatic N) is 2. The van der Waals surface area contributed by atoms with Gasteiger partial charge in [-0.1, -0.05) is 0 Å². The fourth-order valence-electron chi connectivity index (χ4n) is 2.10. The summed E-state index contributed by atoms with van der Waals surface area (Å²) in [6.45, 7) is 0.671. The number of hydrogen-bond donors (Lipinski definition) is 1. The predicted octanol–water partition coefficient (Wildman–Crippen LogP) is 1.30. The molecule has 64 valence electrons. The summed E-state index contributed by atoms with van der Waals surface area (Å²) in [5, 5.41) is 8.12. The average molecular weight is 163 g/mol. The highest BCUT2D eigenvalue weighted by molar-refractivity contribution is 5.10. The molecule has 3 nitrogen and oxygen atoms in total. The maximum Gasteiger partial charge on any atom is 0.191 e. The third kappa shape index (κ3) is 1.03. The van der Waals surface area contributed by atoms with Crippen LogP contribution < -0.4 is 5.73 Å². The Balaban J connectivity index is 2.06. The van der Waals surface area contributed by atoms with Gasteiger partial charge in [0.1, 0.15) is 0 Å². The van der Waals surface area contributed by atoms with E-state index in [4.69, 9.17) is 12.2 Å². The molecule has 1 heterocycles. The van der Waals surface area contributed by atoms with Crippen LogP contribution in [0.4, 0.5) is 0 Å². The van der Waals surface area contributed by atoms with Gasteiger partial charge in [-0.15, -0.1) is 12.3 Å². The van der Waals surface area contributed by atoms with Crippen molar-refractivity contribution >= 4 is 0 Å². The van der Waals surface area contributed by atoms with Crippen molar-refractivity contribution in [3.05, 3.63) is 0 Å². The van der Waals surface area contributed by atoms with Crippen molar-refractivity contribution in [1.29, 1.82) is 0 Å². The van der Waals surface area contributed by atoms with E-state index in [1.165, 1.54) is 0 Å². The summed E-state index contributed by atoms with van der Waals surface area (Å²) >= 11 is 0. The van der Waals surface area contributed by atoms with Crippen molar-refractivity contribution < 1.29 is 0 Å². The Labute approximate surface area is 72.4 Å². The third-order valence-electron chi connectivity index (χ3n) is 3.01. The van der Waals surface area contributed by atoms with Crippen LogP contribution >= 0.6 is 0 Å². The van der Waals surface area contributed by atoms with Crippen molar-refractivity contribution in [3.63, 3.8) is 0 Å². The number of nitrogens with two attached hydrogens (primary N) is 1. The molecule has 1 unspecified atom stereocenters. The Hall–Kier alpha value is -0.880. The van der Waals surface area contributed by atoms with E-state index in [0.717, 1.165) is 25.7 Å². The highest BCUT2D eigenvalue weighted by atomic mass is 15.4. The predicted molar refractivity (Wildman–Crippen MR) is 46.4 cm³/mol. The molecule has 2 N–H and O–H groups in total. The van der Waals surface area contributed by atoms with Gasteiger partial charge in [0.05, 0.1) is 0 Å². The highest BCUT2D eigenvalue weighted by Crippen LogP contribution is 2.53. The molecule has 2 rings (SSSR count). The zero-order valence-corrected chi connectivity index (χ0v) is 7.08. The summed E-state index contributed by atoms with van der Waals surface area (Å²) in [6.07, 6.45) is 9.19. The first-order chi connectivity index (χ1) is 5.74. The Morgan fingerprint density at radius 1 is 1.42 bits per heavy atom. The summed E-state index contributed by atoms with van der Waals surface area (Å²) in [5.41, 5.74) is 5.82. The second-order valence-electron chi connectivity index (χ2n) is 3.94. The first kappa shape index (κ1) is 7.75. The van der Waals surface area contributed by atoms with Crippen molar-refractivity contribution in [2.75, 3.05) is 6.54 Å². The van der Waals surface area contributed by atoms with Crippen LogP contribution in [0.2, 0.25) is 0 Å². The maximum atomic E-state index is 5.72. The largest absolute Gasteiger partial charge is 0.330 e. The van der Waals surface area contributed by atoms with E-state index in [2.05, 4.69) is 16.1 Å². The normalized spacial score (nSPS) is 35.3. The molecule has 3 heteroatoms. The number of rotatable bonds is 2. The Morgan fingerprint density at radius 3 is 2.58 bits per heavy atom. The molecule has 2 aliphatic rings. The van der Waals surface area contributed by atoms with Gasteiger partial charge in [0.15, 0.2) is 5.66 Å². The number of hydrogen-bond acceptors (Lipinski definition) is 3. The maximum absolute atomic E-state index is 5.72. The summed E-state index contributed by atoms with van der Waals surface area (Å²) < 4.78 is 0. The summed E-state index contributed by atoms with van der Waals surface area (Å²) in [5.74, 6) is 2.70. The summed E-state index contributed by atoms with van der Waals surface area (Å²) in [7, 11) is 0. The number of terminal acetylenes is 1. The van der Waals surface area contributed by atoms with Gasteiger partial charge in [0.25, 0.3) is 0 Å². The van der Waals surface area contributed by atoms with Gasteiger partial charge in [0, 0.05) is 12.8 Å². The lowest BCUT2D eigenvalue weighted by Gasteiger charge is -2.23. The molecule has 1 spiro atoms. The van der Waals surface area contributed by atoms with E-state index < -0.39 is 0 Å². The van der Waals surface area contributed by atoms with Crippen LogP contribution in [0.25, 0.3) is 0 Å². The summed E-state index contributed by atoms with van der Waals surface area (Å²) in [4.78, 5) is 0. The molecular formula is C9H13N3. The molecule has 0 saturated heterocycles. The van der Waals surface area contributed by atoms with E-state index in [1.54, 1.807) is 0 Å². The molecule has 12 heavy (non-hydrogen) atoms. The van der Waals surface area contributed by atoms with Gasteiger partial charge in [-0.25, -0.2) is 0 Å². The van der Waals surface area contributed by atoms with Gasteiger partial charge in [-0.05, 0) is 24.8 Å². The van der Waals surface area contributed by atoms with E-state index in [-0.39, 0.29) is 11.1 Å². The van der Waals surface area contributed by atoms with Crippen molar-refractivity contribution in [2.24, 2.45) is 21.4 Å². The van der Waals surface area contributed by atoms with Crippen molar-refractivity contribution in [3.8, 4) is 12.3 Å². The lowest BCUT2D eigenvalue weighted by molar-refractivity contribution is 0.309. The molecule has 1 fully saturated rings. The van der Waals surface area contributed by atoms with Crippen LogP contribution in [0.5, 0.6) is 0 Å². The van der Waals surface area contributed by atoms with Crippen LogP contribution in [-0.4, -0.2) is 12.2 Å². The molecule has 1 aliphatic heterocycles. The minimum atomic E-state index is -0.0454. The van der Waals surface area contributed by atoms with Gasteiger partial charge in [0.2, 0.25) is 0 Å². The van der Waals surface area contributed by atoms with Gasteiger partial charge in [-0.2, -0.15) is 10.2 Å². The average Bonchev–Trinajstić information content (AvgIpc) is 2.71. The zero-order valence-electron chi connectivity index (χ0n) is 7.08. The molecule has 1 atom stereocenters. The van der Waals surface area contributed by atoms with E-state index >= 15 is 0 Å². The molecule has 0 aromatic rings. The van der Waals surface area contributed by atoms with E-state index in [1.807, 2.05) is 0 Å². The standard InChI is InChI=1S/C9H13N3/c1-2-3-8(7-10)4-5-9(6-8)11-12-9/h1H,3-7,10H2. The van der Waals surface area contributed by atoms with Gasteiger partial charge < -0.3 is 5.73 Å². The van der Waals surface area contributed by atoms with Crippen molar-refractivity contribution in [1.82, 2.24) is 0 Å². The van der Waals surface area contributed by atoms with Crippen LogP contribution in [0.1, 0.15) is 25.7 Å². The molecule has 0 radical (unpaired) electrons. The first-order valence-corrected chi connectivity index (χ1v) is 4.32. The monoisotopic (exact) mass is 163 g/mol. The molecule has 0 bridgehead atoms. The molecule has 0 aromatic carbocycles. The minimum absolute atomic E-state index is 0.0454. The SMILES string of the molecule is C#CCC1(CN)CCC2(C1)N=N2. The van der Waals surface area contributed by atoms with E-state index in [9.17, 15) is 0 Å². The Bertz CT molecular complexity index is 257. The Morgan fingerprint density at radius 2 is 2.17 bits per heavy atom. The van der Waals surface area contributed by atoms with Crippen LogP contribution in [-0.2, 0) is 0 Å². The third-order valence-corrected chi connectivity index (χ3v) is 3.01. The summed E-state index contributed by atoms with van der Waals surface area (Å²) in [6, 6.07) is 0. The Kier molecular flexibility index (Phi) is 1.49. The second kappa shape index (κ2) is 2.30.